The first-order valence-electron chi connectivity index (χ1n) is 10.2. The Morgan fingerprint density at radius 2 is 1.60 bits per heavy atom. The van der Waals surface area contributed by atoms with E-state index >= 15 is 0 Å². The van der Waals surface area contributed by atoms with Crippen molar-refractivity contribution in [2.24, 2.45) is 0 Å². The van der Waals surface area contributed by atoms with E-state index in [4.69, 9.17) is 9.47 Å². The van der Waals surface area contributed by atoms with E-state index in [2.05, 4.69) is 11.0 Å². The first-order chi connectivity index (χ1) is 14.6. The molecule has 0 amide bonds. The lowest BCUT2D eigenvalue weighted by Crippen LogP contribution is -2.37. The van der Waals surface area contributed by atoms with Gasteiger partial charge in [0.1, 0.15) is 13.2 Å². The number of hydrogen-bond acceptors (Lipinski definition) is 7. The molecule has 3 heterocycles. The molecule has 3 aliphatic rings. The van der Waals surface area contributed by atoms with Gasteiger partial charge in [-0.25, -0.2) is 9.59 Å². The minimum absolute atomic E-state index is 0.226. The molecule has 0 aliphatic carbocycles. The number of cyclic esters (lactones) is 2. The number of aliphatic hydroxyl groups is 1. The zero-order valence-electron chi connectivity index (χ0n) is 16.5. The number of ether oxygens (including phenoxy) is 2. The quantitative estimate of drug-likeness (QED) is 0.737. The van der Waals surface area contributed by atoms with E-state index in [9.17, 15) is 14.7 Å². The van der Waals surface area contributed by atoms with E-state index in [0.29, 0.717) is 36.1 Å². The zero-order chi connectivity index (χ0) is 20.7. The van der Waals surface area contributed by atoms with Crippen LogP contribution in [0.4, 0.5) is 0 Å². The summed E-state index contributed by atoms with van der Waals surface area (Å²) in [6.45, 7) is 3.13. The van der Waals surface area contributed by atoms with Crippen molar-refractivity contribution in [1.82, 2.24) is 4.90 Å². The molecule has 156 valence electrons. The van der Waals surface area contributed by atoms with Crippen molar-refractivity contribution in [3.8, 4) is 0 Å². The molecule has 1 fully saturated rings. The van der Waals surface area contributed by atoms with Crippen LogP contribution in [0.15, 0.2) is 41.3 Å². The van der Waals surface area contributed by atoms with E-state index in [1.54, 1.807) is 6.07 Å². The number of carbonyl (C=O) groups excluding carboxylic acids is 2. The summed E-state index contributed by atoms with van der Waals surface area (Å²) >= 11 is 1.86. The van der Waals surface area contributed by atoms with Gasteiger partial charge in [0, 0.05) is 27.8 Å². The molecule has 2 aromatic rings. The number of likely N-dealkylation sites (tertiary alicyclic amines) is 1. The molecule has 0 saturated carbocycles. The van der Waals surface area contributed by atoms with Crippen LogP contribution >= 0.6 is 11.8 Å². The number of fused-ring (bicyclic) bond motifs is 2. The van der Waals surface area contributed by atoms with Gasteiger partial charge < -0.3 is 19.5 Å². The Bertz CT molecular complexity index is 999. The van der Waals surface area contributed by atoms with Gasteiger partial charge in [-0.1, -0.05) is 6.07 Å². The highest BCUT2D eigenvalue weighted by Gasteiger charge is 2.26. The van der Waals surface area contributed by atoms with E-state index in [-0.39, 0.29) is 11.9 Å². The number of carbonyl (C=O) groups is 2. The number of nitrogens with zero attached hydrogens (tertiary/aromatic N) is 1. The summed E-state index contributed by atoms with van der Waals surface area (Å²) in [5.74, 6) is -0.510. The molecule has 1 atom stereocenters. The Kier molecular flexibility index (Phi) is 5.26. The van der Waals surface area contributed by atoms with Crippen molar-refractivity contribution in [2.75, 3.05) is 19.6 Å². The van der Waals surface area contributed by atoms with Gasteiger partial charge in [0.2, 0.25) is 0 Å². The molecule has 1 N–H and O–H groups in total. The SMILES string of the molecule is O=C1OCc2cc(SC3CCN(CC(O)c4ccc5c(c4)COC5=O)CC3)ccc21. The van der Waals surface area contributed by atoms with Gasteiger partial charge in [0.05, 0.1) is 17.2 Å². The molecule has 1 saturated heterocycles. The summed E-state index contributed by atoms with van der Waals surface area (Å²) in [5, 5.41) is 11.2. The molecule has 6 nitrogen and oxygen atoms in total. The summed E-state index contributed by atoms with van der Waals surface area (Å²) in [6.07, 6.45) is 1.52. The van der Waals surface area contributed by atoms with Crippen molar-refractivity contribution >= 4 is 23.7 Å². The highest BCUT2D eigenvalue weighted by atomic mass is 32.2. The fourth-order valence-electron chi connectivity index (χ4n) is 4.30. The molecule has 0 radical (unpaired) electrons. The van der Waals surface area contributed by atoms with Gasteiger partial charge in [-0.2, -0.15) is 0 Å². The number of β-amino-alcohol motifs (C(OH)–C–C–N with tert-alkyl or cyclic N) is 1. The van der Waals surface area contributed by atoms with Crippen molar-refractivity contribution in [1.29, 1.82) is 0 Å². The maximum absolute atomic E-state index is 11.6. The van der Waals surface area contributed by atoms with E-state index < -0.39 is 6.10 Å². The minimum atomic E-state index is -0.579. The molecule has 0 bridgehead atoms. The number of piperidine rings is 1. The summed E-state index contributed by atoms with van der Waals surface area (Å²) in [6, 6.07) is 11.4. The molecule has 7 heteroatoms. The van der Waals surface area contributed by atoms with Gasteiger partial charge in [-0.05, 0) is 61.8 Å². The standard InChI is InChI=1S/C23H23NO5S/c25-21(14-1-3-19-15(9-14)12-28-22(19)26)11-24-7-5-17(6-8-24)30-18-2-4-20-16(10-18)13-29-23(20)27/h1-4,9-10,17,21,25H,5-8,11-13H2. The van der Waals surface area contributed by atoms with Crippen LogP contribution < -0.4 is 0 Å². The van der Waals surface area contributed by atoms with Crippen molar-refractivity contribution in [3.63, 3.8) is 0 Å². The third-order valence-electron chi connectivity index (χ3n) is 6.02. The van der Waals surface area contributed by atoms with Gasteiger partial charge in [-0.15, -0.1) is 11.8 Å². The van der Waals surface area contributed by atoms with Crippen LogP contribution in [0.25, 0.3) is 0 Å². The molecule has 1 unspecified atom stereocenters. The molecule has 0 spiro atoms. The maximum Gasteiger partial charge on any atom is 0.338 e. The van der Waals surface area contributed by atoms with Gasteiger partial charge >= 0.3 is 11.9 Å². The Labute approximate surface area is 179 Å². The van der Waals surface area contributed by atoms with E-state index in [1.807, 2.05) is 36.0 Å². The number of thioether (sulfide) groups is 1. The van der Waals surface area contributed by atoms with Crippen LogP contribution in [-0.2, 0) is 22.7 Å². The third-order valence-corrected chi connectivity index (χ3v) is 7.35. The van der Waals surface area contributed by atoms with Crippen molar-refractivity contribution < 1.29 is 24.2 Å². The highest BCUT2D eigenvalue weighted by Crippen LogP contribution is 2.33. The predicted octanol–water partition coefficient (Wildman–Crippen LogP) is 3.32. The lowest BCUT2D eigenvalue weighted by Gasteiger charge is -2.33. The molecular weight excluding hydrogens is 402 g/mol. The van der Waals surface area contributed by atoms with Crippen LogP contribution in [0.5, 0.6) is 0 Å². The molecular formula is C23H23NO5S. The van der Waals surface area contributed by atoms with Gasteiger partial charge in [0.15, 0.2) is 0 Å². The second kappa shape index (κ2) is 8.06. The highest BCUT2D eigenvalue weighted by molar-refractivity contribution is 8.00. The summed E-state index contributed by atoms with van der Waals surface area (Å²) in [7, 11) is 0. The second-order valence-corrected chi connectivity index (χ2v) is 9.40. The summed E-state index contributed by atoms with van der Waals surface area (Å²) in [5.41, 5.74) is 3.95. The number of esters is 2. The Morgan fingerprint density at radius 3 is 2.30 bits per heavy atom. The maximum atomic E-state index is 11.6. The number of aliphatic hydroxyl groups excluding tert-OH is 1. The smallest absolute Gasteiger partial charge is 0.338 e. The average molecular weight is 426 g/mol. The van der Waals surface area contributed by atoms with Crippen LogP contribution in [-0.4, -0.2) is 46.8 Å². The summed E-state index contributed by atoms with van der Waals surface area (Å²) < 4.78 is 10.1. The lowest BCUT2D eigenvalue weighted by atomic mass is 10.0. The number of hydrogen-bond donors (Lipinski definition) is 1. The first-order valence-corrected chi connectivity index (χ1v) is 11.1. The van der Waals surface area contributed by atoms with Crippen LogP contribution in [0.1, 0.15) is 56.4 Å². The first kappa shape index (κ1) is 19.6. The van der Waals surface area contributed by atoms with Crippen molar-refractivity contribution in [3.05, 3.63) is 64.2 Å². The zero-order valence-corrected chi connectivity index (χ0v) is 17.3. The molecule has 5 rings (SSSR count). The topological polar surface area (TPSA) is 76.1 Å². The largest absolute Gasteiger partial charge is 0.457 e. The number of benzene rings is 2. The average Bonchev–Trinajstić information content (AvgIpc) is 3.31. The summed E-state index contributed by atoms with van der Waals surface area (Å²) in [4.78, 5) is 26.6. The minimum Gasteiger partial charge on any atom is -0.457 e. The fraction of sp³-hybridized carbons (Fsp3) is 0.391. The lowest BCUT2D eigenvalue weighted by molar-refractivity contribution is 0.0526. The third kappa shape index (κ3) is 3.85. The normalized spacial score (nSPS) is 19.9. The van der Waals surface area contributed by atoms with Crippen LogP contribution in [0.2, 0.25) is 0 Å². The molecule has 0 aromatic heterocycles. The van der Waals surface area contributed by atoms with Crippen LogP contribution in [0, 0.1) is 0 Å². The predicted molar refractivity (Wildman–Crippen MR) is 111 cm³/mol. The Morgan fingerprint density at radius 1 is 0.967 bits per heavy atom. The van der Waals surface area contributed by atoms with Crippen LogP contribution in [0.3, 0.4) is 0 Å². The molecule has 2 aromatic carbocycles. The van der Waals surface area contributed by atoms with Gasteiger partial charge in [-0.3, -0.25) is 0 Å². The van der Waals surface area contributed by atoms with Gasteiger partial charge in [0.25, 0.3) is 0 Å². The number of rotatable bonds is 5. The fourth-order valence-corrected chi connectivity index (χ4v) is 5.48. The monoisotopic (exact) mass is 425 g/mol. The molecule has 30 heavy (non-hydrogen) atoms. The van der Waals surface area contributed by atoms with E-state index in [0.717, 1.165) is 42.6 Å². The Balaban J connectivity index is 1.14. The van der Waals surface area contributed by atoms with E-state index in [1.165, 1.54) is 4.90 Å². The molecule has 3 aliphatic heterocycles. The Hall–Kier alpha value is -2.35. The second-order valence-electron chi connectivity index (χ2n) is 8.02. The van der Waals surface area contributed by atoms with Crippen molar-refractivity contribution in [2.45, 2.75) is 42.3 Å².